The van der Waals surface area contributed by atoms with Crippen LogP contribution in [0.25, 0.3) is 0 Å². The minimum Gasteiger partial charge on any atom is -0.351 e. The van der Waals surface area contributed by atoms with Crippen molar-refractivity contribution in [1.29, 1.82) is 0 Å². The Kier molecular flexibility index (Phi) is 7.41. The van der Waals surface area contributed by atoms with E-state index in [0.29, 0.717) is 12.5 Å². The van der Waals surface area contributed by atoms with E-state index in [4.69, 9.17) is 15.2 Å². The Morgan fingerprint density at radius 1 is 1.11 bits per heavy atom. The summed E-state index contributed by atoms with van der Waals surface area (Å²) in [6, 6.07) is 10.1. The smallest absolute Gasteiger partial charge is 0.147 e. The van der Waals surface area contributed by atoms with E-state index in [1.54, 1.807) is 0 Å². The molecule has 0 spiro atoms. The standard InChI is InChI=1S/C16H25NO2/c1-13(2)16(17)10-9-14(3)19-12-18-11-15-7-5-4-6-8-15/h4-10,13-14,16H,11-12,17H2,1-3H3/b10-9+/t14-,16-/m1/s1. The fraction of sp³-hybridized carbons (Fsp3) is 0.500. The largest absolute Gasteiger partial charge is 0.351 e. The Hall–Kier alpha value is -1.16. The SMILES string of the molecule is CC(C)[C@H](N)/C=C/[C@@H](C)OCOCc1ccccc1. The topological polar surface area (TPSA) is 44.5 Å². The van der Waals surface area contributed by atoms with Crippen molar-refractivity contribution in [3.63, 3.8) is 0 Å². The molecule has 0 radical (unpaired) electrons. The van der Waals surface area contributed by atoms with Crippen LogP contribution in [0.4, 0.5) is 0 Å². The van der Waals surface area contributed by atoms with E-state index in [9.17, 15) is 0 Å². The zero-order valence-corrected chi connectivity index (χ0v) is 12.1. The Balaban J connectivity index is 2.15. The molecule has 0 unspecified atom stereocenters. The first-order valence-corrected chi connectivity index (χ1v) is 6.76. The average Bonchev–Trinajstić information content (AvgIpc) is 2.42. The monoisotopic (exact) mass is 263 g/mol. The summed E-state index contributed by atoms with van der Waals surface area (Å²) in [5.74, 6) is 0.442. The Morgan fingerprint density at radius 3 is 2.42 bits per heavy atom. The van der Waals surface area contributed by atoms with Crippen LogP contribution in [0.5, 0.6) is 0 Å². The second kappa shape index (κ2) is 8.86. The van der Waals surface area contributed by atoms with Gasteiger partial charge in [-0.3, -0.25) is 0 Å². The van der Waals surface area contributed by atoms with Crippen LogP contribution in [-0.4, -0.2) is 18.9 Å². The minimum atomic E-state index is 0.0144. The van der Waals surface area contributed by atoms with Crippen LogP contribution in [0.15, 0.2) is 42.5 Å². The van der Waals surface area contributed by atoms with Crippen molar-refractivity contribution < 1.29 is 9.47 Å². The van der Waals surface area contributed by atoms with E-state index >= 15 is 0 Å². The van der Waals surface area contributed by atoms with Crippen molar-refractivity contribution in [3.8, 4) is 0 Å². The summed E-state index contributed by atoms with van der Waals surface area (Å²) in [5.41, 5.74) is 7.07. The van der Waals surface area contributed by atoms with Gasteiger partial charge in [0.25, 0.3) is 0 Å². The van der Waals surface area contributed by atoms with Crippen molar-refractivity contribution in [2.24, 2.45) is 11.7 Å². The molecule has 19 heavy (non-hydrogen) atoms. The molecule has 0 bridgehead atoms. The molecule has 0 saturated carbocycles. The maximum atomic E-state index is 5.92. The molecule has 0 aliphatic rings. The molecular formula is C16H25NO2. The summed E-state index contributed by atoms with van der Waals surface area (Å²) in [6.07, 6.45) is 3.99. The van der Waals surface area contributed by atoms with E-state index < -0.39 is 0 Å². The molecule has 1 aromatic carbocycles. The number of hydrogen-bond acceptors (Lipinski definition) is 3. The Labute approximate surface area is 116 Å². The van der Waals surface area contributed by atoms with Gasteiger partial charge in [0.2, 0.25) is 0 Å². The highest BCUT2D eigenvalue weighted by atomic mass is 16.7. The summed E-state index contributed by atoms with van der Waals surface area (Å²) in [4.78, 5) is 0. The molecule has 0 amide bonds. The number of benzene rings is 1. The Bertz CT molecular complexity index is 362. The first-order valence-electron chi connectivity index (χ1n) is 6.76. The van der Waals surface area contributed by atoms with E-state index in [2.05, 4.69) is 13.8 Å². The quantitative estimate of drug-likeness (QED) is 0.445. The summed E-state index contributed by atoms with van der Waals surface area (Å²) < 4.78 is 11.0. The highest BCUT2D eigenvalue weighted by molar-refractivity contribution is 5.13. The molecule has 1 aromatic rings. The van der Waals surface area contributed by atoms with Crippen LogP contribution in [-0.2, 0) is 16.1 Å². The van der Waals surface area contributed by atoms with Crippen molar-refractivity contribution in [2.45, 2.75) is 39.5 Å². The van der Waals surface area contributed by atoms with Crippen LogP contribution in [0.2, 0.25) is 0 Å². The highest BCUT2D eigenvalue weighted by Crippen LogP contribution is 2.03. The lowest BCUT2D eigenvalue weighted by Crippen LogP contribution is -2.24. The number of nitrogens with two attached hydrogens (primary N) is 1. The van der Waals surface area contributed by atoms with E-state index in [1.165, 1.54) is 0 Å². The molecule has 106 valence electrons. The molecule has 0 saturated heterocycles. The molecule has 3 nitrogen and oxygen atoms in total. The average molecular weight is 263 g/mol. The van der Waals surface area contributed by atoms with Crippen LogP contribution >= 0.6 is 0 Å². The molecule has 3 heteroatoms. The molecular weight excluding hydrogens is 238 g/mol. The van der Waals surface area contributed by atoms with Crippen LogP contribution < -0.4 is 5.73 Å². The maximum absolute atomic E-state index is 5.92. The maximum Gasteiger partial charge on any atom is 0.147 e. The van der Waals surface area contributed by atoms with Gasteiger partial charge in [-0.1, -0.05) is 56.3 Å². The van der Waals surface area contributed by atoms with Gasteiger partial charge in [-0.2, -0.15) is 0 Å². The van der Waals surface area contributed by atoms with Crippen molar-refractivity contribution >= 4 is 0 Å². The van der Waals surface area contributed by atoms with E-state index in [0.717, 1.165) is 5.56 Å². The molecule has 2 N–H and O–H groups in total. The molecule has 0 heterocycles. The van der Waals surface area contributed by atoms with Gasteiger partial charge in [0.1, 0.15) is 6.79 Å². The van der Waals surface area contributed by atoms with E-state index in [-0.39, 0.29) is 18.9 Å². The fourth-order valence-corrected chi connectivity index (χ4v) is 1.45. The first kappa shape index (κ1) is 15.9. The molecule has 0 fully saturated rings. The van der Waals surface area contributed by atoms with Gasteiger partial charge in [0.05, 0.1) is 12.7 Å². The molecule has 0 aliphatic heterocycles. The predicted octanol–water partition coefficient (Wildman–Crippen LogP) is 3.11. The molecule has 1 rings (SSSR count). The second-order valence-electron chi connectivity index (χ2n) is 5.03. The minimum absolute atomic E-state index is 0.0144. The fourth-order valence-electron chi connectivity index (χ4n) is 1.45. The number of rotatable bonds is 8. The lowest BCUT2D eigenvalue weighted by Gasteiger charge is -2.13. The number of hydrogen-bond donors (Lipinski definition) is 1. The van der Waals surface area contributed by atoms with Gasteiger partial charge in [-0.05, 0) is 18.4 Å². The van der Waals surface area contributed by atoms with E-state index in [1.807, 2.05) is 49.4 Å². The summed E-state index contributed by atoms with van der Waals surface area (Å²) in [5, 5.41) is 0. The Morgan fingerprint density at radius 2 is 1.79 bits per heavy atom. The number of ether oxygens (including phenoxy) is 2. The molecule has 0 aromatic heterocycles. The summed E-state index contributed by atoms with van der Waals surface area (Å²) >= 11 is 0. The van der Waals surface area contributed by atoms with Crippen LogP contribution in [0.1, 0.15) is 26.3 Å². The summed E-state index contributed by atoms with van der Waals surface area (Å²) in [7, 11) is 0. The molecule has 0 aliphatic carbocycles. The second-order valence-corrected chi connectivity index (χ2v) is 5.03. The normalized spacial score (nSPS) is 15.0. The third-order valence-electron chi connectivity index (χ3n) is 2.90. The zero-order chi connectivity index (χ0) is 14.1. The lowest BCUT2D eigenvalue weighted by molar-refractivity contribution is -0.0775. The van der Waals surface area contributed by atoms with Crippen molar-refractivity contribution in [3.05, 3.63) is 48.0 Å². The predicted molar refractivity (Wildman–Crippen MR) is 78.6 cm³/mol. The van der Waals surface area contributed by atoms with Gasteiger partial charge in [0.15, 0.2) is 0 Å². The van der Waals surface area contributed by atoms with Gasteiger partial charge in [-0.15, -0.1) is 0 Å². The first-order chi connectivity index (χ1) is 9.09. The third-order valence-corrected chi connectivity index (χ3v) is 2.90. The highest BCUT2D eigenvalue weighted by Gasteiger charge is 2.03. The van der Waals surface area contributed by atoms with Crippen molar-refractivity contribution in [2.75, 3.05) is 6.79 Å². The van der Waals surface area contributed by atoms with Gasteiger partial charge < -0.3 is 15.2 Å². The lowest BCUT2D eigenvalue weighted by atomic mass is 10.0. The zero-order valence-electron chi connectivity index (χ0n) is 12.1. The van der Waals surface area contributed by atoms with Gasteiger partial charge in [-0.25, -0.2) is 0 Å². The molecule has 2 atom stereocenters. The summed E-state index contributed by atoms with van der Waals surface area (Å²) in [6.45, 7) is 7.04. The van der Waals surface area contributed by atoms with Gasteiger partial charge >= 0.3 is 0 Å². The third kappa shape index (κ3) is 7.11. The van der Waals surface area contributed by atoms with Crippen LogP contribution in [0.3, 0.4) is 0 Å². The van der Waals surface area contributed by atoms with Crippen LogP contribution in [0, 0.1) is 5.92 Å². The van der Waals surface area contributed by atoms with Gasteiger partial charge in [0, 0.05) is 6.04 Å². The van der Waals surface area contributed by atoms with Crippen molar-refractivity contribution in [1.82, 2.24) is 0 Å².